The molecular formula is C11H22N2O3. The van der Waals surface area contributed by atoms with E-state index in [1.54, 1.807) is 7.05 Å². The molecule has 0 bridgehead atoms. The van der Waals surface area contributed by atoms with Crippen LogP contribution in [0, 0.1) is 0 Å². The van der Waals surface area contributed by atoms with Gasteiger partial charge in [0.25, 0.3) is 0 Å². The first-order valence-corrected chi connectivity index (χ1v) is 5.56. The maximum Gasteiger partial charge on any atom is 0.407 e. The van der Waals surface area contributed by atoms with Gasteiger partial charge >= 0.3 is 6.09 Å². The second-order valence-electron chi connectivity index (χ2n) is 5.62. The smallest absolute Gasteiger partial charge is 0.407 e. The van der Waals surface area contributed by atoms with E-state index >= 15 is 0 Å². The van der Waals surface area contributed by atoms with E-state index in [1.807, 2.05) is 27.7 Å². The van der Waals surface area contributed by atoms with E-state index in [2.05, 4.69) is 5.32 Å². The largest absolute Gasteiger partial charge is 0.446 e. The number of carbonyl (C=O) groups is 1. The Morgan fingerprint density at radius 2 is 1.75 bits per heavy atom. The third kappa shape index (κ3) is 2.65. The SMILES string of the molecule is CNC(=O)OC1CC(C)(C)N(O)C(C)(C)C1. The van der Waals surface area contributed by atoms with E-state index in [0.29, 0.717) is 12.8 Å². The average Bonchev–Trinajstić information content (AvgIpc) is 2.13. The van der Waals surface area contributed by atoms with Crippen LogP contribution < -0.4 is 5.32 Å². The predicted molar refractivity (Wildman–Crippen MR) is 60.3 cm³/mol. The Morgan fingerprint density at radius 1 is 1.31 bits per heavy atom. The molecule has 0 saturated carbocycles. The van der Waals surface area contributed by atoms with Crippen LogP contribution in [0.5, 0.6) is 0 Å². The quantitative estimate of drug-likeness (QED) is 0.720. The van der Waals surface area contributed by atoms with Crippen molar-refractivity contribution in [3.8, 4) is 0 Å². The van der Waals surface area contributed by atoms with E-state index in [1.165, 1.54) is 5.06 Å². The van der Waals surface area contributed by atoms with Gasteiger partial charge in [-0.3, -0.25) is 0 Å². The van der Waals surface area contributed by atoms with Crippen molar-refractivity contribution < 1.29 is 14.7 Å². The summed E-state index contributed by atoms with van der Waals surface area (Å²) in [6.07, 6.45) is 0.678. The molecule has 0 aliphatic carbocycles. The van der Waals surface area contributed by atoms with Gasteiger partial charge in [0.2, 0.25) is 0 Å². The van der Waals surface area contributed by atoms with Gasteiger partial charge in [-0.25, -0.2) is 4.79 Å². The van der Waals surface area contributed by atoms with Crippen molar-refractivity contribution >= 4 is 6.09 Å². The molecule has 94 valence electrons. The first-order chi connectivity index (χ1) is 7.19. The Morgan fingerprint density at radius 3 is 2.12 bits per heavy atom. The lowest BCUT2D eigenvalue weighted by Gasteiger charge is -2.50. The fourth-order valence-electron chi connectivity index (χ4n) is 2.47. The van der Waals surface area contributed by atoms with Gasteiger partial charge in [0.1, 0.15) is 6.10 Å². The average molecular weight is 230 g/mol. The Kier molecular flexibility index (Phi) is 3.50. The van der Waals surface area contributed by atoms with Crippen molar-refractivity contribution in [3.63, 3.8) is 0 Å². The van der Waals surface area contributed by atoms with Crippen LogP contribution in [0.4, 0.5) is 4.79 Å². The van der Waals surface area contributed by atoms with Crippen LogP contribution in [0.15, 0.2) is 0 Å². The number of amides is 1. The second-order valence-corrected chi connectivity index (χ2v) is 5.62. The highest BCUT2D eigenvalue weighted by molar-refractivity contribution is 5.66. The van der Waals surface area contributed by atoms with E-state index in [4.69, 9.17) is 4.74 Å². The van der Waals surface area contributed by atoms with Crippen LogP contribution in [0.3, 0.4) is 0 Å². The van der Waals surface area contributed by atoms with E-state index in [0.717, 1.165) is 0 Å². The number of nitrogens with zero attached hydrogens (tertiary/aromatic N) is 1. The first kappa shape index (κ1) is 13.3. The second kappa shape index (κ2) is 4.22. The normalized spacial score (nSPS) is 25.1. The number of hydrogen-bond acceptors (Lipinski definition) is 4. The number of alkyl carbamates (subject to hydrolysis) is 1. The Labute approximate surface area is 96.7 Å². The summed E-state index contributed by atoms with van der Waals surface area (Å²) in [7, 11) is 1.54. The third-order valence-electron chi connectivity index (χ3n) is 3.08. The molecule has 0 unspecified atom stereocenters. The molecule has 1 heterocycles. The summed E-state index contributed by atoms with van der Waals surface area (Å²) < 4.78 is 5.27. The number of carbonyl (C=O) groups excluding carboxylic acids is 1. The van der Waals surface area contributed by atoms with Crippen LogP contribution >= 0.6 is 0 Å². The van der Waals surface area contributed by atoms with Crippen molar-refractivity contribution in [2.24, 2.45) is 0 Å². The number of ether oxygens (including phenoxy) is 1. The Balaban J connectivity index is 2.75. The summed E-state index contributed by atoms with van der Waals surface area (Å²) in [6.45, 7) is 7.75. The van der Waals surface area contributed by atoms with E-state index in [-0.39, 0.29) is 17.2 Å². The van der Waals surface area contributed by atoms with Crippen molar-refractivity contribution in [1.29, 1.82) is 0 Å². The Hall–Kier alpha value is -0.810. The van der Waals surface area contributed by atoms with E-state index in [9.17, 15) is 10.0 Å². The predicted octanol–water partition coefficient (Wildman–Crippen LogP) is 1.75. The van der Waals surface area contributed by atoms with Crippen molar-refractivity contribution in [2.75, 3.05) is 7.05 Å². The van der Waals surface area contributed by atoms with Crippen LogP contribution in [-0.4, -0.2) is 40.6 Å². The minimum Gasteiger partial charge on any atom is -0.446 e. The molecule has 2 N–H and O–H groups in total. The van der Waals surface area contributed by atoms with Gasteiger partial charge in [-0.05, 0) is 27.7 Å². The molecule has 0 aromatic rings. The molecule has 0 radical (unpaired) electrons. The van der Waals surface area contributed by atoms with Gasteiger partial charge in [-0.1, -0.05) is 0 Å². The lowest BCUT2D eigenvalue weighted by molar-refractivity contribution is -0.256. The minimum atomic E-state index is -0.414. The molecule has 0 spiro atoms. The van der Waals surface area contributed by atoms with Gasteiger partial charge in [-0.2, -0.15) is 5.06 Å². The highest BCUT2D eigenvalue weighted by Gasteiger charge is 2.46. The molecule has 1 rings (SSSR count). The molecule has 5 nitrogen and oxygen atoms in total. The molecule has 0 aromatic heterocycles. The van der Waals surface area contributed by atoms with Crippen LogP contribution in [0.25, 0.3) is 0 Å². The first-order valence-electron chi connectivity index (χ1n) is 5.56. The third-order valence-corrected chi connectivity index (χ3v) is 3.08. The summed E-state index contributed by atoms with van der Waals surface area (Å²) in [5.74, 6) is 0. The fraction of sp³-hybridized carbons (Fsp3) is 0.909. The zero-order chi connectivity index (χ0) is 12.6. The summed E-state index contributed by atoms with van der Waals surface area (Å²) in [4.78, 5) is 11.2. The zero-order valence-corrected chi connectivity index (χ0v) is 10.7. The summed E-state index contributed by atoms with van der Waals surface area (Å²) >= 11 is 0. The van der Waals surface area contributed by atoms with Gasteiger partial charge in [0, 0.05) is 31.0 Å². The molecule has 1 aliphatic heterocycles. The summed E-state index contributed by atoms with van der Waals surface area (Å²) in [6, 6.07) is 0. The molecule has 1 saturated heterocycles. The molecular weight excluding hydrogens is 208 g/mol. The van der Waals surface area contributed by atoms with Gasteiger partial charge in [0.15, 0.2) is 0 Å². The number of rotatable bonds is 1. The number of hydroxylamine groups is 2. The van der Waals surface area contributed by atoms with Crippen molar-refractivity contribution in [1.82, 2.24) is 10.4 Å². The topological polar surface area (TPSA) is 61.8 Å². The standard InChI is InChI=1S/C11H22N2O3/c1-10(2)6-8(16-9(14)12-5)7-11(3,4)13(10)15/h8,15H,6-7H2,1-5H3,(H,12,14). The number of piperidine rings is 1. The van der Waals surface area contributed by atoms with Gasteiger partial charge in [-0.15, -0.1) is 0 Å². The molecule has 0 aromatic carbocycles. The number of nitrogens with one attached hydrogen (secondary N) is 1. The van der Waals surface area contributed by atoms with Crippen LogP contribution in [-0.2, 0) is 4.74 Å². The molecule has 16 heavy (non-hydrogen) atoms. The van der Waals surface area contributed by atoms with Crippen molar-refractivity contribution in [3.05, 3.63) is 0 Å². The lowest BCUT2D eigenvalue weighted by Crippen LogP contribution is -2.60. The molecule has 5 heteroatoms. The van der Waals surface area contributed by atoms with Gasteiger partial charge in [0.05, 0.1) is 0 Å². The molecule has 1 amide bonds. The van der Waals surface area contributed by atoms with Crippen LogP contribution in [0.1, 0.15) is 40.5 Å². The summed E-state index contributed by atoms with van der Waals surface area (Å²) in [5, 5.41) is 13.9. The highest BCUT2D eigenvalue weighted by atomic mass is 16.6. The summed E-state index contributed by atoms with van der Waals surface area (Å²) in [5.41, 5.74) is -0.777. The maximum atomic E-state index is 11.2. The molecule has 1 fully saturated rings. The monoisotopic (exact) mass is 230 g/mol. The lowest BCUT2D eigenvalue weighted by atomic mass is 9.80. The van der Waals surface area contributed by atoms with Gasteiger partial charge < -0.3 is 15.3 Å². The minimum absolute atomic E-state index is 0.159. The fourth-order valence-corrected chi connectivity index (χ4v) is 2.47. The molecule has 1 aliphatic rings. The van der Waals surface area contributed by atoms with Crippen LogP contribution in [0.2, 0.25) is 0 Å². The van der Waals surface area contributed by atoms with Crippen molar-refractivity contribution in [2.45, 2.75) is 57.7 Å². The highest BCUT2D eigenvalue weighted by Crippen LogP contribution is 2.37. The zero-order valence-electron chi connectivity index (χ0n) is 10.7. The molecule has 0 atom stereocenters. The Bertz CT molecular complexity index is 258. The maximum absolute atomic E-state index is 11.2. The van der Waals surface area contributed by atoms with E-state index < -0.39 is 6.09 Å². The number of hydrogen-bond donors (Lipinski definition) is 2.